The lowest BCUT2D eigenvalue weighted by molar-refractivity contribution is -0.151. The number of carbonyl (C=O) groups is 3. The summed E-state index contributed by atoms with van der Waals surface area (Å²) in [5, 5.41) is 8.64. The minimum atomic E-state index is -1.04. The van der Waals surface area contributed by atoms with E-state index in [9.17, 15) is 14.4 Å². The van der Waals surface area contributed by atoms with Crippen LogP contribution in [-0.4, -0.2) is 29.9 Å². The quantitative estimate of drug-likeness (QED) is 0.598. The third-order valence-electron chi connectivity index (χ3n) is 1.98. The molecule has 0 aliphatic carbocycles. The van der Waals surface area contributed by atoms with E-state index >= 15 is 0 Å². The molecule has 0 saturated carbocycles. The minimum Gasteiger partial charge on any atom is -0.478 e. The molecular formula is C11H10O5. The van der Waals surface area contributed by atoms with Crippen molar-refractivity contribution in [3.63, 3.8) is 0 Å². The predicted octanol–water partition coefficient (Wildman–Crippen LogP) is 0.669. The monoisotopic (exact) mass is 222 g/mol. The van der Waals surface area contributed by atoms with Gasteiger partial charge in [0.05, 0.1) is 12.7 Å². The van der Waals surface area contributed by atoms with Gasteiger partial charge in [0, 0.05) is 6.42 Å². The summed E-state index contributed by atoms with van der Waals surface area (Å²) in [7, 11) is 1.13. The Hall–Kier alpha value is -2.17. The molecule has 5 heteroatoms. The summed E-state index contributed by atoms with van der Waals surface area (Å²) in [6.07, 6.45) is -0.0907. The molecule has 1 rings (SSSR count). The van der Waals surface area contributed by atoms with Gasteiger partial charge in [-0.25, -0.2) is 9.59 Å². The highest BCUT2D eigenvalue weighted by atomic mass is 16.5. The van der Waals surface area contributed by atoms with Crippen LogP contribution < -0.4 is 0 Å². The van der Waals surface area contributed by atoms with Crippen molar-refractivity contribution in [3.05, 3.63) is 35.4 Å². The Bertz CT molecular complexity index is 419. The zero-order chi connectivity index (χ0) is 12.1. The highest BCUT2D eigenvalue weighted by Gasteiger charge is 2.14. The first-order valence-corrected chi connectivity index (χ1v) is 4.48. The summed E-state index contributed by atoms with van der Waals surface area (Å²) in [5.41, 5.74) is 0.703. The number of carboxylic acids is 1. The topological polar surface area (TPSA) is 80.7 Å². The SMILES string of the molecule is COC(=O)C(=O)Cc1ccc(C(=O)O)cc1. The summed E-state index contributed by atoms with van der Waals surface area (Å²) < 4.78 is 4.26. The zero-order valence-electron chi connectivity index (χ0n) is 8.60. The molecule has 84 valence electrons. The van der Waals surface area contributed by atoms with Gasteiger partial charge < -0.3 is 9.84 Å². The first-order chi connectivity index (χ1) is 7.54. The van der Waals surface area contributed by atoms with E-state index in [0.29, 0.717) is 5.56 Å². The van der Waals surface area contributed by atoms with Gasteiger partial charge in [0.2, 0.25) is 5.78 Å². The highest BCUT2D eigenvalue weighted by Crippen LogP contribution is 2.05. The van der Waals surface area contributed by atoms with Crippen molar-refractivity contribution in [2.24, 2.45) is 0 Å². The smallest absolute Gasteiger partial charge is 0.374 e. The Morgan fingerprint density at radius 1 is 1.19 bits per heavy atom. The second kappa shape index (κ2) is 5.06. The van der Waals surface area contributed by atoms with Gasteiger partial charge in [-0.1, -0.05) is 12.1 Å². The van der Waals surface area contributed by atoms with Crippen LogP contribution in [0.5, 0.6) is 0 Å². The molecule has 0 amide bonds. The van der Waals surface area contributed by atoms with E-state index in [0.717, 1.165) is 7.11 Å². The Labute approximate surface area is 91.6 Å². The highest BCUT2D eigenvalue weighted by molar-refractivity contribution is 6.34. The molecule has 1 N–H and O–H groups in total. The molecule has 1 aromatic rings. The van der Waals surface area contributed by atoms with Gasteiger partial charge in [0.25, 0.3) is 0 Å². The fourth-order valence-electron chi connectivity index (χ4n) is 1.14. The van der Waals surface area contributed by atoms with Gasteiger partial charge in [0.1, 0.15) is 0 Å². The molecule has 0 aliphatic heterocycles. The van der Waals surface area contributed by atoms with Crippen LogP contribution in [0.1, 0.15) is 15.9 Å². The van der Waals surface area contributed by atoms with Crippen molar-refractivity contribution >= 4 is 17.7 Å². The van der Waals surface area contributed by atoms with Crippen LogP contribution in [0.15, 0.2) is 24.3 Å². The summed E-state index contributed by atoms with van der Waals surface area (Å²) >= 11 is 0. The van der Waals surface area contributed by atoms with E-state index in [-0.39, 0.29) is 12.0 Å². The number of esters is 1. The molecule has 0 fully saturated rings. The number of carboxylic acid groups (broad SMARTS) is 1. The zero-order valence-corrected chi connectivity index (χ0v) is 8.60. The Morgan fingerprint density at radius 2 is 1.75 bits per heavy atom. The van der Waals surface area contributed by atoms with Crippen molar-refractivity contribution in [1.82, 2.24) is 0 Å². The minimum absolute atomic E-state index is 0.0907. The van der Waals surface area contributed by atoms with Crippen molar-refractivity contribution < 1.29 is 24.2 Å². The van der Waals surface area contributed by atoms with E-state index in [1.165, 1.54) is 24.3 Å². The van der Waals surface area contributed by atoms with Gasteiger partial charge >= 0.3 is 11.9 Å². The van der Waals surface area contributed by atoms with Gasteiger partial charge in [0.15, 0.2) is 0 Å². The first-order valence-electron chi connectivity index (χ1n) is 4.48. The van der Waals surface area contributed by atoms with Crippen molar-refractivity contribution in [2.75, 3.05) is 7.11 Å². The molecule has 0 bridgehead atoms. The van der Waals surface area contributed by atoms with E-state index in [2.05, 4.69) is 4.74 Å². The Balaban J connectivity index is 2.72. The van der Waals surface area contributed by atoms with Crippen molar-refractivity contribution in [3.8, 4) is 0 Å². The molecule has 0 radical (unpaired) electrons. The van der Waals surface area contributed by atoms with E-state index in [1.807, 2.05) is 0 Å². The summed E-state index contributed by atoms with van der Waals surface area (Å²) in [5.74, 6) is -2.60. The van der Waals surface area contributed by atoms with Crippen LogP contribution in [0.4, 0.5) is 0 Å². The molecule has 1 aromatic carbocycles. The van der Waals surface area contributed by atoms with Crippen LogP contribution in [0.2, 0.25) is 0 Å². The first kappa shape index (κ1) is 11.9. The van der Waals surface area contributed by atoms with Gasteiger partial charge in [-0.3, -0.25) is 4.79 Å². The standard InChI is InChI=1S/C11H10O5/c1-16-11(15)9(12)6-7-2-4-8(5-3-7)10(13)14/h2-5H,6H2,1H3,(H,13,14). The van der Waals surface area contributed by atoms with E-state index in [1.54, 1.807) is 0 Å². The molecule has 0 heterocycles. The molecule has 0 saturated heterocycles. The maximum Gasteiger partial charge on any atom is 0.374 e. The number of ketones is 1. The lowest BCUT2D eigenvalue weighted by atomic mass is 10.1. The molecule has 0 atom stereocenters. The third kappa shape index (κ3) is 2.91. The van der Waals surface area contributed by atoms with Gasteiger partial charge in [-0.05, 0) is 17.7 Å². The summed E-state index contributed by atoms with van der Waals surface area (Å²) in [6.45, 7) is 0. The second-order valence-electron chi connectivity index (χ2n) is 3.09. The summed E-state index contributed by atoms with van der Waals surface area (Å²) in [4.78, 5) is 32.5. The van der Waals surface area contributed by atoms with E-state index in [4.69, 9.17) is 5.11 Å². The number of hydrogen-bond acceptors (Lipinski definition) is 4. The lowest BCUT2D eigenvalue weighted by Crippen LogP contribution is -2.17. The summed E-state index contributed by atoms with van der Waals surface area (Å²) in [6, 6.07) is 5.74. The molecule has 0 aromatic heterocycles. The van der Waals surface area contributed by atoms with Crippen LogP contribution >= 0.6 is 0 Å². The number of benzene rings is 1. The second-order valence-corrected chi connectivity index (χ2v) is 3.09. The average Bonchev–Trinajstić information content (AvgIpc) is 2.28. The Kier molecular flexibility index (Phi) is 3.77. The average molecular weight is 222 g/mol. The number of hydrogen-bond donors (Lipinski definition) is 1. The van der Waals surface area contributed by atoms with Crippen LogP contribution in [0.25, 0.3) is 0 Å². The maximum absolute atomic E-state index is 11.2. The normalized spacial score (nSPS) is 9.56. The number of methoxy groups -OCH3 is 1. The fourth-order valence-corrected chi connectivity index (χ4v) is 1.14. The molecule has 0 unspecified atom stereocenters. The predicted molar refractivity (Wildman–Crippen MR) is 54.1 cm³/mol. The van der Waals surface area contributed by atoms with Crippen LogP contribution in [0.3, 0.4) is 0 Å². The van der Waals surface area contributed by atoms with E-state index < -0.39 is 17.7 Å². The largest absolute Gasteiger partial charge is 0.478 e. The maximum atomic E-state index is 11.2. The molecule has 5 nitrogen and oxygen atoms in total. The third-order valence-corrected chi connectivity index (χ3v) is 1.98. The number of Topliss-reactive ketones (excluding diaryl/α,β-unsaturated/α-hetero) is 1. The van der Waals surface area contributed by atoms with Gasteiger partial charge in [-0.15, -0.1) is 0 Å². The molecular weight excluding hydrogens is 212 g/mol. The lowest BCUT2D eigenvalue weighted by Gasteiger charge is -2.00. The van der Waals surface area contributed by atoms with Gasteiger partial charge in [-0.2, -0.15) is 0 Å². The molecule has 0 spiro atoms. The molecule has 0 aliphatic rings. The van der Waals surface area contributed by atoms with Crippen LogP contribution in [0, 0.1) is 0 Å². The Morgan fingerprint density at radius 3 is 2.19 bits per heavy atom. The fraction of sp³-hybridized carbons (Fsp3) is 0.182. The number of aromatic carboxylic acids is 1. The van der Waals surface area contributed by atoms with Crippen LogP contribution in [-0.2, 0) is 20.7 Å². The van der Waals surface area contributed by atoms with Crippen molar-refractivity contribution in [2.45, 2.75) is 6.42 Å². The van der Waals surface area contributed by atoms with Crippen molar-refractivity contribution in [1.29, 1.82) is 0 Å². The molecule has 16 heavy (non-hydrogen) atoms. The number of rotatable bonds is 4. The number of ether oxygens (including phenoxy) is 1. The number of carbonyl (C=O) groups excluding carboxylic acids is 2.